The Balaban J connectivity index is 2.02. The SMILES string of the molecule is CCNC(=O)c1ccnc(/C(C)=N/OC2CCCCO2)c1. The van der Waals surface area contributed by atoms with Gasteiger partial charge < -0.3 is 14.9 Å². The highest BCUT2D eigenvalue weighted by Gasteiger charge is 2.15. The van der Waals surface area contributed by atoms with Crippen molar-refractivity contribution >= 4 is 11.6 Å². The van der Waals surface area contributed by atoms with E-state index < -0.39 is 0 Å². The molecule has 0 saturated carbocycles. The maximum absolute atomic E-state index is 11.8. The molecule has 1 unspecified atom stereocenters. The van der Waals surface area contributed by atoms with Crippen molar-refractivity contribution in [2.45, 2.75) is 39.4 Å². The van der Waals surface area contributed by atoms with Gasteiger partial charge in [0.05, 0.1) is 12.3 Å². The number of amides is 1. The second-order valence-electron chi connectivity index (χ2n) is 4.87. The molecule has 6 nitrogen and oxygen atoms in total. The average Bonchev–Trinajstić information content (AvgIpc) is 2.54. The van der Waals surface area contributed by atoms with Gasteiger partial charge in [0.1, 0.15) is 5.71 Å². The van der Waals surface area contributed by atoms with Crippen LogP contribution in [0.15, 0.2) is 23.5 Å². The second kappa shape index (κ2) is 7.73. The third kappa shape index (κ3) is 4.53. The summed E-state index contributed by atoms with van der Waals surface area (Å²) in [5.74, 6) is -0.120. The van der Waals surface area contributed by atoms with Gasteiger partial charge in [-0.05, 0) is 38.8 Å². The molecule has 1 saturated heterocycles. The second-order valence-corrected chi connectivity index (χ2v) is 4.87. The topological polar surface area (TPSA) is 72.8 Å². The van der Waals surface area contributed by atoms with E-state index in [1.807, 2.05) is 6.92 Å². The standard InChI is InChI=1S/C15H21N3O3/c1-3-16-15(19)12-7-8-17-13(10-12)11(2)18-21-14-6-4-5-9-20-14/h7-8,10,14H,3-6,9H2,1-2H3,(H,16,19)/b18-11+. The quantitative estimate of drug-likeness (QED) is 0.666. The van der Waals surface area contributed by atoms with Crippen LogP contribution in [0.25, 0.3) is 0 Å². The third-order valence-corrected chi connectivity index (χ3v) is 3.18. The summed E-state index contributed by atoms with van der Waals surface area (Å²) in [6.07, 6.45) is 4.32. The lowest BCUT2D eigenvalue weighted by Gasteiger charge is -2.20. The highest BCUT2D eigenvalue weighted by molar-refractivity contribution is 6.00. The van der Waals surface area contributed by atoms with Crippen molar-refractivity contribution in [1.82, 2.24) is 10.3 Å². The van der Waals surface area contributed by atoms with Gasteiger partial charge in [-0.3, -0.25) is 9.78 Å². The van der Waals surface area contributed by atoms with Crippen molar-refractivity contribution in [3.63, 3.8) is 0 Å². The van der Waals surface area contributed by atoms with Crippen molar-refractivity contribution in [1.29, 1.82) is 0 Å². The van der Waals surface area contributed by atoms with Gasteiger partial charge in [-0.15, -0.1) is 0 Å². The molecule has 0 spiro atoms. The van der Waals surface area contributed by atoms with Crippen LogP contribution < -0.4 is 5.32 Å². The average molecular weight is 291 g/mol. The Morgan fingerprint density at radius 2 is 2.43 bits per heavy atom. The number of carbonyl (C=O) groups excluding carboxylic acids is 1. The first kappa shape index (κ1) is 15.4. The number of carbonyl (C=O) groups is 1. The van der Waals surface area contributed by atoms with Crippen LogP contribution in [0.4, 0.5) is 0 Å². The van der Waals surface area contributed by atoms with Gasteiger partial charge in [0.2, 0.25) is 6.29 Å². The van der Waals surface area contributed by atoms with Crippen molar-refractivity contribution in [2.24, 2.45) is 5.16 Å². The molecule has 0 aromatic carbocycles. The van der Waals surface area contributed by atoms with Crippen molar-refractivity contribution in [3.05, 3.63) is 29.6 Å². The summed E-state index contributed by atoms with van der Waals surface area (Å²) in [5.41, 5.74) is 1.80. The van der Waals surface area contributed by atoms with Gasteiger partial charge >= 0.3 is 0 Å². The molecular formula is C15H21N3O3. The summed E-state index contributed by atoms with van der Waals surface area (Å²) in [6.45, 7) is 4.98. The van der Waals surface area contributed by atoms with E-state index in [0.29, 0.717) is 30.1 Å². The van der Waals surface area contributed by atoms with Crippen molar-refractivity contribution in [3.8, 4) is 0 Å². The maximum atomic E-state index is 11.8. The van der Waals surface area contributed by atoms with Crippen molar-refractivity contribution in [2.75, 3.05) is 13.2 Å². The number of pyridine rings is 1. The van der Waals surface area contributed by atoms with E-state index in [0.717, 1.165) is 19.3 Å². The highest BCUT2D eigenvalue weighted by atomic mass is 16.8. The first-order valence-electron chi connectivity index (χ1n) is 7.27. The molecule has 1 fully saturated rings. The van der Waals surface area contributed by atoms with E-state index >= 15 is 0 Å². The van der Waals surface area contributed by atoms with Gasteiger partial charge in [-0.1, -0.05) is 5.16 Å². The summed E-state index contributed by atoms with van der Waals surface area (Å²) in [5, 5.41) is 6.82. The number of nitrogens with zero attached hydrogens (tertiary/aromatic N) is 2. The predicted molar refractivity (Wildman–Crippen MR) is 79.1 cm³/mol. The summed E-state index contributed by atoms with van der Waals surface area (Å²) >= 11 is 0. The minimum atomic E-state index is -0.278. The Morgan fingerprint density at radius 3 is 3.14 bits per heavy atom. The van der Waals surface area contributed by atoms with Gasteiger partial charge in [0, 0.05) is 24.7 Å². The maximum Gasteiger partial charge on any atom is 0.251 e. The monoisotopic (exact) mass is 291 g/mol. The fraction of sp³-hybridized carbons (Fsp3) is 0.533. The number of ether oxygens (including phenoxy) is 1. The molecule has 21 heavy (non-hydrogen) atoms. The molecule has 1 aromatic heterocycles. The molecular weight excluding hydrogens is 270 g/mol. The number of nitrogens with one attached hydrogen (secondary N) is 1. The molecule has 1 atom stereocenters. The molecule has 2 heterocycles. The first-order valence-corrected chi connectivity index (χ1v) is 7.27. The third-order valence-electron chi connectivity index (χ3n) is 3.18. The van der Waals surface area contributed by atoms with Crippen LogP contribution in [0.1, 0.15) is 49.2 Å². The molecule has 1 N–H and O–H groups in total. The van der Waals surface area contributed by atoms with Gasteiger partial charge in [-0.25, -0.2) is 0 Å². The summed E-state index contributed by atoms with van der Waals surface area (Å²) in [6, 6.07) is 3.38. The summed E-state index contributed by atoms with van der Waals surface area (Å²) in [7, 11) is 0. The predicted octanol–water partition coefficient (Wildman–Crippen LogP) is 2.10. The molecule has 0 aliphatic carbocycles. The van der Waals surface area contributed by atoms with E-state index in [-0.39, 0.29) is 12.2 Å². The number of rotatable bonds is 5. The zero-order valence-corrected chi connectivity index (χ0v) is 12.5. The van der Waals surface area contributed by atoms with Crippen LogP contribution in [-0.2, 0) is 9.57 Å². The largest absolute Gasteiger partial charge is 0.363 e. The van der Waals surface area contributed by atoms with Gasteiger partial charge in [0.25, 0.3) is 5.91 Å². The van der Waals surface area contributed by atoms with Crippen molar-refractivity contribution < 1.29 is 14.4 Å². The number of hydrogen-bond donors (Lipinski definition) is 1. The van der Waals surface area contributed by atoms with Gasteiger partial charge in [-0.2, -0.15) is 0 Å². The highest BCUT2D eigenvalue weighted by Crippen LogP contribution is 2.14. The van der Waals surface area contributed by atoms with E-state index in [9.17, 15) is 4.79 Å². The van der Waals surface area contributed by atoms with E-state index in [1.165, 1.54) is 0 Å². The van der Waals surface area contributed by atoms with Crippen LogP contribution in [-0.4, -0.2) is 36.0 Å². The fourth-order valence-corrected chi connectivity index (χ4v) is 2.01. The van der Waals surface area contributed by atoms with E-state index in [2.05, 4.69) is 15.5 Å². The number of aromatic nitrogens is 1. The Labute approximate surface area is 124 Å². The van der Waals surface area contributed by atoms with Gasteiger partial charge in [0.15, 0.2) is 0 Å². The molecule has 1 aliphatic rings. The Kier molecular flexibility index (Phi) is 5.68. The van der Waals surface area contributed by atoms with Crippen LogP contribution in [0.5, 0.6) is 0 Å². The molecule has 0 bridgehead atoms. The first-order chi connectivity index (χ1) is 10.2. The number of hydrogen-bond acceptors (Lipinski definition) is 5. The summed E-state index contributed by atoms with van der Waals surface area (Å²) in [4.78, 5) is 21.4. The summed E-state index contributed by atoms with van der Waals surface area (Å²) < 4.78 is 5.44. The molecule has 1 aliphatic heterocycles. The Bertz CT molecular complexity index is 511. The fourth-order valence-electron chi connectivity index (χ4n) is 2.01. The van der Waals surface area contributed by atoms with E-state index in [4.69, 9.17) is 9.57 Å². The number of oxime groups is 1. The lowest BCUT2D eigenvalue weighted by Crippen LogP contribution is -2.23. The van der Waals surface area contributed by atoms with Crippen LogP contribution in [0, 0.1) is 0 Å². The van der Waals surface area contributed by atoms with Crippen LogP contribution in [0.3, 0.4) is 0 Å². The normalized spacial score (nSPS) is 19.1. The Hall–Kier alpha value is -1.95. The Morgan fingerprint density at radius 1 is 1.57 bits per heavy atom. The molecule has 114 valence electrons. The van der Waals surface area contributed by atoms with Crippen LogP contribution >= 0.6 is 0 Å². The smallest absolute Gasteiger partial charge is 0.251 e. The molecule has 6 heteroatoms. The zero-order valence-electron chi connectivity index (χ0n) is 12.5. The zero-order chi connectivity index (χ0) is 15.1. The van der Waals surface area contributed by atoms with Crippen LogP contribution in [0.2, 0.25) is 0 Å². The van der Waals surface area contributed by atoms with E-state index in [1.54, 1.807) is 25.3 Å². The molecule has 1 amide bonds. The molecule has 2 rings (SSSR count). The minimum Gasteiger partial charge on any atom is -0.363 e. The lowest BCUT2D eigenvalue weighted by atomic mass is 10.2. The molecule has 0 radical (unpaired) electrons. The minimum absolute atomic E-state index is 0.120. The molecule has 1 aromatic rings. The lowest BCUT2D eigenvalue weighted by molar-refractivity contribution is -0.162.